The van der Waals surface area contributed by atoms with Crippen molar-refractivity contribution in [3.63, 3.8) is 0 Å². The lowest BCUT2D eigenvalue weighted by molar-refractivity contribution is 0.0696. The van der Waals surface area contributed by atoms with Crippen LogP contribution in [-0.4, -0.2) is 45.1 Å². The highest BCUT2D eigenvalue weighted by Crippen LogP contribution is 2.25. The number of benzene rings is 1. The van der Waals surface area contributed by atoms with Crippen LogP contribution in [0, 0.1) is 5.82 Å². The van der Waals surface area contributed by atoms with Crippen LogP contribution in [0.3, 0.4) is 0 Å². The van der Waals surface area contributed by atoms with Crippen molar-refractivity contribution in [2.45, 2.75) is 18.7 Å². The van der Waals surface area contributed by atoms with Gasteiger partial charge in [-0.25, -0.2) is 23.4 Å². The van der Waals surface area contributed by atoms with Crippen molar-refractivity contribution in [2.75, 3.05) is 18.4 Å². The molecule has 0 unspecified atom stereocenters. The van der Waals surface area contributed by atoms with Crippen molar-refractivity contribution < 1.29 is 13.5 Å². The normalized spacial score (nSPS) is 18.8. The average molecular weight is 422 g/mol. The Bertz CT molecular complexity index is 1200. The molecule has 0 spiro atoms. The molecule has 1 aromatic carbocycles. The number of anilines is 2. The first kappa shape index (κ1) is 19.4. The van der Waals surface area contributed by atoms with E-state index in [1.807, 2.05) is 6.07 Å². The second kappa shape index (κ2) is 8.27. The second-order valence-corrected chi connectivity index (χ2v) is 7.32. The minimum absolute atomic E-state index is 0.279. The predicted octanol–water partition coefficient (Wildman–Crippen LogP) is 3.78. The monoisotopic (exact) mass is 422 g/mol. The molecule has 7 nitrogen and oxygen atoms in total. The molecule has 0 aliphatic carbocycles. The number of aromatic nitrogens is 4. The van der Waals surface area contributed by atoms with Crippen LogP contribution in [-0.2, 0) is 0 Å². The Balaban J connectivity index is 1.36. The van der Waals surface area contributed by atoms with Gasteiger partial charge in [0.2, 0.25) is 5.88 Å². The van der Waals surface area contributed by atoms with Gasteiger partial charge < -0.3 is 15.4 Å². The van der Waals surface area contributed by atoms with Crippen LogP contribution in [0.4, 0.5) is 20.3 Å². The van der Waals surface area contributed by atoms with E-state index in [-0.39, 0.29) is 12.2 Å². The van der Waals surface area contributed by atoms with Gasteiger partial charge in [0.1, 0.15) is 23.9 Å². The third-order valence-corrected chi connectivity index (χ3v) is 5.15. The van der Waals surface area contributed by atoms with E-state index in [4.69, 9.17) is 4.74 Å². The Hall–Kier alpha value is -3.59. The number of nitrogens with zero attached hydrogens (tertiary/aromatic N) is 4. The van der Waals surface area contributed by atoms with Crippen LogP contribution < -0.4 is 15.4 Å². The van der Waals surface area contributed by atoms with Crippen molar-refractivity contribution >= 4 is 22.4 Å². The molecule has 158 valence electrons. The fraction of sp³-hybridized carbons (Fsp3) is 0.227. The molecule has 0 radical (unpaired) electrons. The van der Waals surface area contributed by atoms with Crippen molar-refractivity contribution in [2.24, 2.45) is 0 Å². The Morgan fingerprint density at radius 2 is 2.13 bits per heavy atom. The van der Waals surface area contributed by atoms with E-state index in [2.05, 4.69) is 25.7 Å². The number of piperidine rings is 1. The van der Waals surface area contributed by atoms with E-state index >= 15 is 0 Å². The molecule has 0 bridgehead atoms. The van der Waals surface area contributed by atoms with Gasteiger partial charge in [0.25, 0.3) is 0 Å². The summed E-state index contributed by atoms with van der Waals surface area (Å²) in [7, 11) is 0. The second-order valence-electron chi connectivity index (χ2n) is 7.32. The fourth-order valence-electron chi connectivity index (χ4n) is 3.52. The Morgan fingerprint density at radius 1 is 1.19 bits per heavy atom. The van der Waals surface area contributed by atoms with Gasteiger partial charge in [-0.15, -0.1) is 0 Å². The zero-order valence-electron chi connectivity index (χ0n) is 16.5. The first-order valence-electron chi connectivity index (χ1n) is 10.0. The van der Waals surface area contributed by atoms with E-state index in [0.29, 0.717) is 35.9 Å². The predicted molar refractivity (Wildman–Crippen MR) is 113 cm³/mol. The highest BCUT2D eigenvalue weighted by Gasteiger charge is 2.26. The number of halogens is 2. The molecular formula is C22H20F2N6O. The van der Waals surface area contributed by atoms with Crippen LogP contribution in [0.25, 0.3) is 16.6 Å². The molecule has 2 atom stereocenters. The lowest BCUT2D eigenvalue weighted by Crippen LogP contribution is -2.44. The van der Waals surface area contributed by atoms with Gasteiger partial charge in [-0.2, -0.15) is 5.10 Å². The van der Waals surface area contributed by atoms with Gasteiger partial charge in [0.05, 0.1) is 16.9 Å². The molecule has 4 heterocycles. The number of ether oxygens (including phenoxy) is 1. The van der Waals surface area contributed by atoms with Crippen molar-refractivity contribution in [1.82, 2.24) is 25.1 Å². The molecule has 5 rings (SSSR count). The summed E-state index contributed by atoms with van der Waals surface area (Å²) in [6.07, 6.45) is 4.01. The number of hydrogen-bond donors (Lipinski definition) is 2. The van der Waals surface area contributed by atoms with E-state index in [1.54, 1.807) is 53.6 Å². The quantitative estimate of drug-likeness (QED) is 0.510. The molecular weight excluding hydrogens is 402 g/mol. The molecule has 3 aromatic heterocycles. The molecule has 0 amide bonds. The van der Waals surface area contributed by atoms with Crippen molar-refractivity contribution in [3.8, 4) is 11.6 Å². The summed E-state index contributed by atoms with van der Waals surface area (Å²) < 4.78 is 36.0. The van der Waals surface area contributed by atoms with Gasteiger partial charge in [-0.3, -0.25) is 0 Å². The highest BCUT2D eigenvalue weighted by atomic mass is 19.1. The summed E-state index contributed by atoms with van der Waals surface area (Å²) in [5.74, 6) is 0.363. The minimum Gasteiger partial charge on any atom is -0.471 e. The van der Waals surface area contributed by atoms with Crippen LogP contribution in [0.2, 0.25) is 0 Å². The maximum absolute atomic E-state index is 14.6. The summed E-state index contributed by atoms with van der Waals surface area (Å²) in [6, 6.07) is 11.8. The van der Waals surface area contributed by atoms with E-state index in [9.17, 15) is 8.78 Å². The number of alkyl halides is 1. The van der Waals surface area contributed by atoms with E-state index in [0.717, 1.165) is 5.39 Å². The molecule has 2 N–H and O–H groups in total. The molecule has 1 aliphatic heterocycles. The number of nitrogens with one attached hydrogen (secondary N) is 2. The largest absolute Gasteiger partial charge is 0.471 e. The molecule has 1 saturated heterocycles. The zero-order valence-corrected chi connectivity index (χ0v) is 16.5. The highest BCUT2D eigenvalue weighted by molar-refractivity contribution is 5.81. The van der Waals surface area contributed by atoms with Crippen LogP contribution in [0.5, 0.6) is 5.88 Å². The smallest absolute Gasteiger partial charge is 0.214 e. The first-order valence-corrected chi connectivity index (χ1v) is 10.0. The number of hydrogen-bond acceptors (Lipinski definition) is 6. The summed E-state index contributed by atoms with van der Waals surface area (Å²) >= 11 is 0. The average Bonchev–Trinajstić information content (AvgIpc) is 3.32. The third kappa shape index (κ3) is 4.17. The number of rotatable bonds is 5. The summed E-state index contributed by atoms with van der Waals surface area (Å²) in [5.41, 5.74) is 1.52. The van der Waals surface area contributed by atoms with Crippen LogP contribution in [0.1, 0.15) is 6.42 Å². The van der Waals surface area contributed by atoms with Crippen molar-refractivity contribution in [3.05, 3.63) is 66.9 Å². The first-order chi connectivity index (χ1) is 15.2. The van der Waals surface area contributed by atoms with Gasteiger partial charge in [-0.05, 0) is 37.2 Å². The van der Waals surface area contributed by atoms with Gasteiger partial charge >= 0.3 is 0 Å². The summed E-state index contributed by atoms with van der Waals surface area (Å²) in [4.78, 5) is 8.81. The molecule has 1 fully saturated rings. The zero-order chi connectivity index (χ0) is 21.2. The Morgan fingerprint density at radius 3 is 2.94 bits per heavy atom. The van der Waals surface area contributed by atoms with Crippen LogP contribution in [0.15, 0.2) is 61.1 Å². The van der Waals surface area contributed by atoms with Crippen molar-refractivity contribution in [1.29, 1.82) is 0 Å². The maximum atomic E-state index is 14.6. The number of fused-ring (bicyclic) bond motifs is 1. The van der Waals surface area contributed by atoms with E-state index in [1.165, 1.54) is 6.07 Å². The molecule has 31 heavy (non-hydrogen) atoms. The van der Waals surface area contributed by atoms with E-state index < -0.39 is 18.1 Å². The van der Waals surface area contributed by atoms with Gasteiger partial charge in [-0.1, -0.05) is 0 Å². The third-order valence-electron chi connectivity index (χ3n) is 5.15. The Labute approximate surface area is 177 Å². The topological polar surface area (TPSA) is 76.9 Å². The molecule has 4 aromatic rings. The standard InChI is InChI=1S/C22H20F2N6O/c23-16-10-15(30-9-1-7-27-30)3-4-18(16)28-21-11-19-14(12-26-21)2-5-22(29-19)31-20-6-8-25-13-17(20)24/h1-5,7,9-12,17,20,25H,6,8,13H2,(H,26,28)/t17-,20-/m0/s1. The Kier molecular flexibility index (Phi) is 5.17. The minimum atomic E-state index is -1.08. The van der Waals surface area contributed by atoms with Gasteiger partial charge in [0.15, 0.2) is 0 Å². The maximum Gasteiger partial charge on any atom is 0.214 e. The summed E-state index contributed by atoms with van der Waals surface area (Å²) in [6.45, 7) is 0.988. The molecule has 1 aliphatic rings. The molecule has 9 heteroatoms. The lowest BCUT2D eigenvalue weighted by Gasteiger charge is -2.26. The molecule has 0 saturated carbocycles. The number of pyridine rings is 2. The van der Waals surface area contributed by atoms with Crippen LogP contribution >= 0.6 is 0 Å². The lowest BCUT2D eigenvalue weighted by atomic mass is 10.1. The summed E-state index contributed by atoms with van der Waals surface area (Å²) in [5, 5.41) is 10.9. The fourth-order valence-corrected chi connectivity index (χ4v) is 3.52. The SMILES string of the molecule is Fc1cc(-n2cccn2)ccc1Nc1cc2nc(O[C@H]3CCNC[C@@H]3F)ccc2cn1. The van der Waals surface area contributed by atoms with Gasteiger partial charge in [0, 0.05) is 48.7 Å².